The first-order chi connectivity index (χ1) is 13.0. The Bertz CT molecular complexity index is 1090. The van der Waals surface area contributed by atoms with Crippen LogP contribution >= 0.6 is 11.6 Å². The van der Waals surface area contributed by atoms with Gasteiger partial charge in [-0.1, -0.05) is 41.4 Å². The van der Waals surface area contributed by atoms with E-state index < -0.39 is 0 Å². The summed E-state index contributed by atoms with van der Waals surface area (Å²) >= 11 is 6.04. The molecule has 3 aromatic rings. The molecule has 6 heteroatoms. The van der Waals surface area contributed by atoms with Gasteiger partial charge < -0.3 is 10.5 Å². The van der Waals surface area contributed by atoms with Crippen molar-refractivity contribution in [2.24, 2.45) is 5.73 Å². The van der Waals surface area contributed by atoms with E-state index in [2.05, 4.69) is 11.2 Å². The van der Waals surface area contributed by atoms with Gasteiger partial charge in [-0.25, -0.2) is 4.68 Å². The van der Waals surface area contributed by atoms with Crippen molar-refractivity contribution in [3.8, 4) is 17.6 Å². The van der Waals surface area contributed by atoms with Gasteiger partial charge in [0.05, 0.1) is 22.9 Å². The number of nitrogens with zero attached hydrogens (tertiary/aromatic N) is 3. The molecule has 0 bridgehead atoms. The van der Waals surface area contributed by atoms with Crippen LogP contribution in [0.2, 0.25) is 5.02 Å². The number of hydrogen-bond donors (Lipinski definition) is 1. The van der Waals surface area contributed by atoms with E-state index in [9.17, 15) is 5.26 Å². The molecule has 5 nitrogen and oxygen atoms in total. The number of halogens is 1. The molecule has 0 spiro atoms. The van der Waals surface area contributed by atoms with Crippen LogP contribution in [0.25, 0.3) is 5.69 Å². The van der Waals surface area contributed by atoms with Crippen LogP contribution in [0.15, 0.2) is 60.0 Å². The van der Waals surface area contributed by atoms with Crippen molar-refractivity contribution in [3.05, 3.63) is 87.4 Å². The standard InChI is InChI=1S/C21H17ClN4O/c1-12-3-9-16(10-4-12)26-21-18(13(2)25-26)19(17(11-23)20(24)27-21)14-5-7-15(22)8-6-14/h3-10,19H,24H2,1-2H3. The van der Waals surface area contributed by atoms with E-state index in [0.717, 1.165) is 28.1 Å². The maximum atomic E-state index is 9.70. The minimum atomic E-state index is -0.352. The van der Waals surface area contributed by atoms with E-state index >= 15 is 0 Å². The Balaban J connectivity index is 1.93. The van der Waals surface area contributed by atoms with Gasteiger partial charge in [0, 0.05) is 5.02 Å². The number of rotatable bonds is 2. The third kappa shape index (κ3) is 2.84. The minimum absolute atomic E-state index is 0.0956. The average Bonchev–Trinajstić information content (AvgIpc) is 2.98. The van der Waals surface area contributed by atoms with Crippen molar-refractivity contribution < 1.29 is 4.74 Å². The lowest BCUT2D eigenvalue weighted by atomic mass is 9.84. The monoisotopic (exact) mass is 376 g/mol. The van der Waals surface area contributed by atoms with Gasteiger partial charge in [-0.3, -0.25) is 0 Å². The molecule has 27 heavy (non-hydrogen) atoms. The van der Waals surface area contributed by atoms with Gasteiger partial charge in [0.15, 0.2) is 0 Å². The van der Waals surface area contributed by atoms with Crippen molar-refractivity contribution in [2.75, 3.05) is 0 Å². The van der Waals surface area contributed by atoms with Gasteiger partial charge in [-0.15, -0.1) is 0 Å². The number of aromatic nitrogens is 2. The predicted octanol–water partition coefficient (Wildman–Crippen LogP) is 4.36. The maximum Gasteiger partial charge on any atom is 0.229 e. The molecule has 2 heterocycles. The number of ether oxygens (including phenoxy) is 1. The van der Waals surface area contributed by atoms with Crippen molar-refractivity contribution in [3.63, 3.8) is 0 Å². The zero-order valence-electron chi connectivity index (χ0n) is 14.9. The first kappa shape index (κ1) is 17.2. The molecule has 1 aromatic heterocycles. The molecule has 1 aliphatic heterocycles. The Labute approximate surface area is 162 Å². The molecule has 1 atom stereocenters. The number of nitriles is 1. The molecular weight excluding hydrogens is 360 g/mol. The van der Waals surface area contributed by atoms with Crippen molar-refractivity contribution >= 4 is 11.6 Å². The second-order valence-electron chi connectivity index (χ2n) is 6.53. The number of fused-ring (bicyclic) bond motifs is 1. The van der Waals surface area contributed by atoms with E-state index in [0.29, 0.717) is 16.5 Å². The largest absolute Gasteiger partial charge is 0.422 e. The molecular formula is C21H17ClN4O. The van der Waals surface area contributed by atoms with Crippen LogP contribution in [0.5, 0.6) is 5.88 Å². The van der Waals surface area contributed by atoms with E-state index in [1.165, 1.54) is 0 Å². The minimum Gasteiger partial charge on any atom is -0.422 e. The summed E-state index contributed by atoms with van der Waals surface area (Å²) in [6.45, 7) is 3.94. The number of benzene rings is 2. The second-order valence-corrected chi connectivity index (χ2v) is 6.96. The zero-order valence-corrected chi connectivity index (χ0v) is 15.7. The van der Waals surface area contributed by atoms with Crippen LogP contribution < -0.4 is 10.5 Å². The SMILES string of the molecule is Cc1ccc(-n2nc(C)c3c2OC(N)=C(C#N)C3c2ccc(Cl)cc2)cc1. The van der Waals surface area contributed by atoms with Crippen LogP contribution in [0.1, 0.15) is 28.3 Å². The lowest BCUT2D eigenvalue weighted by Crippen LogP contribution is -2.22. The highest BCUT2D eigenvalue weighted by Gasteiger charge is 2.36. The summed E-state index contributed by atoms with van der Waals surface area (Å²) in [4.78, 5) is 0. The van der Waals surface area contributed by atoms with E-state index in [1.54, 1.807) is 16.8 Å². The smallest absolute Gasteiger partial charge is 0.229 e. The lowest BCUT2D eigenvalue weighted by molar-refractivity contribution is 0.367. The Kier molecular flexibility index (Phi) is 4.14. The van der Waals surface area contributed by atoms with Crippen molar-refractivity contribution in [1.82, 2.24) is 9.78 Å². The molecule has 2 aromatic carbocycles. The van der Waals surface area contributed by atoms with E-state index in [-0.39, 0.29) is 11.8 Å². The Morgan fingerprint density at radius 2 is 1.78 bits per heavy atom. The third-order valence-corrected chi connectivity index (χ3v) is 4.97. The molecule has 0 saturated heterocycles. The predicted molar refractivity (Wildman–Crippen MR) is 104 cm³/mol. The number of nitrogens with two attached hydrogens (primary N) is 1. The zero-order chi connectivity index (χ0) is 19.1. The third-order valence-electron chi connectivity index (χ3n) is 4.71. The molecule has 4 rings (SSSR count). The number of aryl methyl sites for hydroxylation is 2. The van der Waals surface area contributed by atoms with Gasteiger partial charge in [0.1, 0.15) is 11.6 Å². The summed E-state index contributed by atoms with van der Waals surface area (Å²) < 4.78 is 7.59. The summed E-state index contributed by atoms with van der Waals surface area (Å²) in [6.07, 6.45) is 0. The molecule has 0 amide bonds. The quantitative estimate of drug-likeness (QED) is 0.720. The fourth-order valence-electron chi connectivity index (χ4n) is 3.36. The van der Waals surface area contributed by atoms with Crippen LogP contribution in [-0.2, 0) is 0 Å². The molecule has 1 unspecified atom stereocenters. The normalized spacial score (nSPS) is 15.9. The van der Waals surface area contributed by atoms with Crippen molar-refractivity contribution in [2.45, 2.75) is 19.8 Å². The Morgan fingerprint density at radius 3 is 2.41 bits per heavy atom. The highest BCUT2D eigenvalue weighted by atomic mass is 35.5. The highest BCUT2D eigenvalue weighted by molar-refractivity contribution is 6.30. The van der Waals surface area contributed by atoms with Gasteiger partial charge in [0.25, 0.3) is 0 Å². The number of hydrogen-bond acceptors (Lipinski definition) is 4. The van der Waals surface area contributed by atoms with E-state index in [1.807, 2.05) is 50.2 Å². The van der Waals surface area contributed by atoms with Crippen molar-refractivity contribution in [1.29, 1.82) is 5.26 Å². The molecule has 0 aliphatic carbocycles. The van der Waals surface area contributed by atoms with Gasteiger partial charge in [-0.05, 0) is 43.7 Å². The Morgan fingerprint density at radius 1 is 1.11 bits per heavy atom. The molecule has 0 fully saturated rings. The van der Waals surface area contributed by atoms with E-state index in [4.69, 9.17) is 22.1 Å². The lowest BCUT2D eigenvalue weighted by Gasteiger charge is -2.25. The van der Waals surface area contributed by atoms with Gasteiger partial charge >= 0.3 is 0 Å². The molecule has 0 radical (unpaired) electrons. The number of allylic oxidation sites excluding steroid dienone is 1. The summed E-state index contributed by atoms with van der Waals surface area (Å²) in [5.74, 6) is 0.279. The van der Waals surface area contributed by atoms with Crippen LogP contribution in [-0.4, -0.2) is 9.78 Å². The summed E-state index contributed by atoms with van der Waals surface area (Å²) in [6, 6.07) is 17.6. The average molecular weight is 377 g/mol. The van der Waals surface area contributed by atoms with Crippen LogP contribution in [0, 0.1) is 25.2 Å². The summed E-state index contributed by atoms with van der Waals surface area (Å²) in [7, 11) is 0. The molecule has 134 valence electrons. The molecule has 2 N–H and O–H groups in total. The topological polar surface area (TPSA) is 76.9 Å². The van der Waals surface area contributed by atoms with Gasteiger partial charge in [0.2, 0.25) is 11.8 Å². The molecule has 0 saturated carbocycles. The molecule has 1 aliphatic rings. The highest BCUT2D eigenvalue weighted by Crippen LogP contribution is 2.44. The maximum absolute atomic E-state index is 9.70. The van der Waals surface area contributed by atoms with Crippen LogP contribution in [0.4, 0.5) is 0 Å². The fraction of sp³-hybridized carbons (Fsp3) is 0.143. The first-order valence-corrected chi connectivity index (χ1v) is 8.87. The fourth-order valence-corrected chi connectivity index (χ4v) is 3.49. The second kappa shape index (κ2) is 6.49. The Hall–Kier alpha value is -3.23. The summed E-state index contributed by atoms with van der Waals surface area (Å²) in [5, 5.41) is 15.0. The van der Waals surface area contributed by atoms with Crippen LogP contribution in [0.3, 0.4) is 0 Å². The summed E-state index contributed by atoms with van der Waals surface area (Å²) in [5.41, 5.74) is 11.0. The first-order valence-electron chi connectivity index (χ1n) is 8.49. The van der Waals surface area contributed by atoms with Gasteiger partial charge in [-0.2, -0.15) is 10.4 Å².